The van der Waals surface area contributed by atoms with Crippen molar-refractivity contribution in [3.05, 3.63) is 94.3 Å². The van der Waals surface area contributed by atoms with E-state index in [1.54, 1.807) is 37.3 Å². The normalized spacial score (nSPS) is 13.4. The van der Waals surface area contributed by atoms with Gasteiger partial charge in [0.1, 0.15) is 5.82 Å². The molecule has 37 heavy (non-hydrogen) atoms. The molecular formula is C30H36FNO5. The molecule has 0 aliphatic rings. The lowest BCUT2D eigenvalue weighted by Gasteiger charge is -2.28. The van der Waals surface area contributed by atoms with E-state index in [9.17, 15) is 24.5 Å². The Balaban J connectivity index is 1.61. The Morgan fingerprint density at radius 2 is 1.84 bits per heavy atom. The first-order chi connectivity index (χ1) is 17.5. The summed E-state index contributed by atoms with van der Waals surface area (Å²) in [6.07, 6.45) is -0.513. The molecule has 0 aliphatic carbocycles. The van der Waals surface area contributed by atoms with Crippen LogP contribution < -0.4 is 5.32 Å². The van der Waals surface area contributed by atoms with Crippen LogP contribution in [0.5, 0.6) is 0 Å². The Hall–Kier alpha value is -3.10. The second-order valence-electron chi connectivity index (χ2n) is 10.1. The number of rotatable bonds is 12. The van der Waals surface area contributed by atoms with Gasteiger partial charge in [-0.15, -0.1) is 0 Å². The zero-order chi connectivity index (χ0) is 27.2. The molecule has 6 nitrogen and oxygen atoms in total. The molecule has 0 saturated heterocycles. The Morgan fingerprint density at radius 3 is 2.51 bits per heavy atom. The number of ether oxygens (including phenoxy) is 1. The fraction of sp³-hybridized carbons (Fsp3) is 0.367. The van der Waals surface area contributed by atoms with E-state index >= 15 is 0 Å². The quantitative estimate of drug-likeness (QED) is 0.273. The van der Waals surface area contributed by atoms with Crippen LogP contribution in [-0.4, -0.2) is 46.1 Å². The molecule has 0 aromatic heterocycles. The second-order valence-corrected chi connectivity index (χ2v) is 10.1. The second kappa shape index (κ2) is 12.4. The Bertz CT molecular complexity index is 1230. The van der Waals surface area contributed by atoms with Gasteiger partial charge in [-0.3, -0.25) is 0 Å². The summed E-state index contributed by atoms with van der Waals surface area (Å²) in [5.41, 5.74) is 3.93. The summed E-state index contributed by atoms with van der Waals surface area (Å²) in [6.45, 7) is 7.68. The third-order valence-electron chi connectivity index (χ3n) is 6.46. The maximum absolute atomic E-state index is 13.9. The van der Waals surface area contributed by atoms with Crippen molar-refractivity contribution in [1.29, 1.82) is 0 Å². The van der Waals surface area contributed by atoms with Crippen molar-refractivity contribution >= 4 is 5.97 Å². The van der Waals surface area contributed by atoms with E-state index in [0.717, 1.165) is 16.7 Å². The minimum Gasteiger partial charge on any atom is -0.478 e. The molecule has 4 N–H and O–H groups in total. The lowest BCUT2D eigenvalue weighted by atomic mass is 9.93. The Morgan fingerprint density at radius 1 is 1.11 bits per heavy atom. The topological polar surface area (TPSA) is 99.0 Å². The largest absolute Gasteiger partial charge is 0.478 e. The van der Waals surface area contributed by atoms with E-state index in [-0.39, 0.29) is 36.2 Å². The molecule has 198 valence electrons. The third-order valence-corrected chi connectivity index (χ3v) is 6.46. The van der Waals surface area contributed by atoms with E-state index < -0.39 is 12.1 Å². The maximum Gasteiger partial charge on any atom is 0.336 e. The molecular weight excluding hydrogens is 473 g/mol. The molecule has 0 heterocycles. The lowest BCUT2D eigenvalue weighted by molar-refractivity contribution is -0.00397. The van der Waals surface area contributed by atoms with Gasteiger partial charge in [0, 0.05) is 12.1 Å². The van der Waals surface area contributed by atoms with Gasteiger partial charge in [0.05, 0.1) is 31.0 Å². The summed E-state index contributed by atoms with van der Waals surface area (Å²) >= 11 is 0. The van der Waals surface area contributed by atoms with Crippen LogP contribution in [0.4, 0.5) is 4.39 Å². The number of hydrogen-bond acceptors (Lipinski definition) is 5. The minimum absolute atomic E-state index is 0.0564. The first-order valence-electron chi connectivity index (χ1n) is 12.4. The molecule has 3 rings (SSSR count). The van der Waals surface area contributed by atoms with Crippen molar-refractivity contribution < 1.29 is 29.2 Å². The summed E-state index contributed by atoms with van der Waals surface area (Å²) in [5, 5.41) is 32.9. The first-order valence-corrected chi connectivity index (χ1v) is 12.4. The standard InChI is InChI=1S/C30H36FNO5/c1-19-9-10-21(13-28(19)31)15-30(3,4)32-16-24(34)18-37-20(2)25-7-5-6-8-26(25)22-11-12-23(17-33)27(14-22)29(35)36/h5-14,20,24,32-34H,15-18H2,1-4H3,(H,35,36)/t20?,24-/m1/s1. The van der Waals surface area contributed by atoms with E-state index in [1.807, 2.05) is 51.1 Å². The molecule has 0 saturated carbocycles. The van der Waals surface area contributed by atoms with Gasteiger partial charge in [0.25, 0.3) is 0 Å². The summed E-state index contributed by atoms with van der Waals surface area (Å²) in [7, 11) is 0. The molecule has 1 unspecified atom stereocenters. The van der Waals surface area contributed by atoms with Crippen LogP contribution in [0.25, 0.3) is 11.1 Å². The highest BCUT2D eigenvalue weighted by molar-refractivity contribution is 5.91. The van der Waals surface area contributed by atoms with E-state index in [0.29, 0.717) is 29.7 Å². The van der Waals surface area contributed by atoms with Gasteiger partial charge in [-0.25, -0.2) is 9.18 Å². The van der Waals surface area contributed by atoms with Crippen molar-refractivity contribution in [2.45, 2.75) is 58.5 Å². The molecule has 0 fully saturated rings. The SMILES string of the molecule is Cc1ccc(CC(C)(C)NC[C@@H](O)COC(C)c2ccccc2-c2ccc(CO)c(C(=O)O)c2)cc1F. The van der Waals surface area contributed by atoms with E-state index in [2.05, 4.69) is 5.32 Å². The Kier molecular flexibility index (Phi) is 9.56. The molecule has 3 aromatic rings. The third kappa shape index (κ3) is 7.69. The van der Waals surface area contributed by atoms with Gasteiger partial charge in [-0.05, 0) is 79.6 Å². The molecule has 2 atom stereocenters. The number of carboxylic acids is 1. The van der Waals surface area contributed by atoms with Crippen molar-refractivity contribution in [1.82, 2.24) is 5.32 Å². The fourth-order valence-corrected chi connectivity index (χ4v) is 4.31. The number of aromatic carboxylic acids is 1. The van der Waals surface area contributed by atoms with Gasteiger partial charge in [-0.1, -0.05) is 48.5 Å². The van der Waals surface area contributed by atoms with Gasteiger partial charge in [0.2, 0.25) is 0 Å². The highest BCUT2D eigenvalue weighted by Gasteiger charge is 2.21. The van der Waals surface area contributed by atoms with Gasteiger partial charge in [-0.2, -0.15) is 0 Å². The number of carboxylic acid groups (broad SMARTS) is 1. The first kappa shape index (κ1) is 28.5. The number of carbonyl (C=O) groups is 1. The number of β-amino-alcohol motifs (C(OH)–C–C–N with tert-alkyl or cyclic N) is 1. The van der Waals surface area contributed by atoms with Crippen LogP contribution in [0, 0.1) is 12.7 Å². The van der Waals surface area contributed by atoms with Gasteiger partial charge >= 0.3 is 5.97 Å². The van der Waals surface area contributed by atoms with Crippen molar-refractivity contribution in [3.8, 4) is 11.1 Å². The predicted molar refractivity (Wildman–Crippen MR) is 142 cm³/mol. The zero-order valence-corrected chi connectivity index (χ0v) is 21.8. The number of halogens is 1. The average Bonchev–Trinajstić information content (AvgIpc) is 2.87. The molecule has 0 bridgehead atoms. The summed E-state index contributed by atoms with van der Waals surface area (Å²) < 4.78 is 19.9. The van der Waals surface area contributed by atoms with Crippen molar-refractivity contribution in [2.24, 2.45) is 0 Å². The highest BCUT2D eigenvalue weighted by Crippen LogP contribution is 2.31. The van der Waals surface area contributed by atoms with E-state index in [4.69, 9.17) is 4.74 Å². The molecule has 0 spiro atoms. The number of aliphatic hydroxyl groups is 2. The summed E-state index contributed by atoms with van der Waals surface area (Å²) in [6, 6.07) is 17.7. The van der Waals surface area contributed by atoms with Crippen molar-refractivity contribution in [2.75, 3.05) is 13.2 Å². The van der Waals surface area contributed by atoms with Crippen LogP contribution in [0.3, 0.4) is 0 Å². The Labute approximate surface area is 217 Å². The molecule has 0 aliphatic heterocycles. The average molecular weight is 510 g/mol. The van der Waals surface area contributed by atoms with Crippen molar-refractivity contribution in [3.63, 3.8) is 0 Å². The highest BCUT2D eigenvalue weighted by atomic mass is 19.1. The number of aryl methyl sites for hydroxylation is 1. The van der Waals surface area contributed by atoms with Crippen LogP contribution >= 0.6 is 0 Å². The fourth-order valence-electron chi connectivity index (χ4n) is 4.31. The number of benzene rings is 3. The predicted octanol–water partition coefficient (Wildman–Crippen LogP) is 5.04. The lowest BCUT2D eigenvalue weighted by Crippen LogP contribution is -2.46. The van der Waals surface area contributed by atoms with Crippen LogP contribution in [0.2, 0.25) is 0 Å². The van der Waals surface area contributed by atoms with Crippen LogP contribution in [-0.2, 0) is 17.8 Å². The minimum atomic E-state index is -1.10. The smallest absolute Gasteiger partial charge is 0.336 e. The molecule has 3 aromatic carbocycles. The molecule has 0 amide bonds. The monoisotopic (exact) mass is 509 g/mol. The number of hydrogen-bond donors (Lipinski definition) is 4. The molecule has 7 heteroatoms. The van der Waals surface area contributed by atoms with Gasteiger partial charge < -0.3 is 25.4 Å². The van der Waals surface area contributed by atoms with Gasteiger partial charge in [0.15, 0.2) is 0 Å². The van der Waals surface area contributed by atoms with Crippen LogP contribution in [0.1, 0.15) is 59.5 Å². The summed E-state index contributed by atoms with van der Waals surface area (Å²) in [5.74, 6) is -1.32. The maximum atomic E-state index is 13.9. The zero-order valence-electron chi connectivity index (χ0n) is 21.8. The number of aliphatic hydroxyl groups excluding tert-OH is 2. The van der Waals surface area contributed by atoms with Crippen LogP contribution in [0.15, 0.2) is 60.7 Å². The molecule has 0 radical (unpaired) electrons. The summed E-state index contributed by atoms with van der Waals surface area (Å²) in [4.78, 5) is 11.6. The van der Waals surface area contributed by atoms with E-state index in [1.165, 1.54) is 0 Å². The number of nitrogens with one attached hydrogen (secondary N) is 1.